The van der Waals surface area contributed by atoms with Gasteiger partial charge in [0.25, 0.3) is 0 Å². The van der Waals surface area contributed by atoms with Crippen molar-refractivity contribution in [2.75, 3.05) is 18.4 Å². The van der Waals surface area contributed by atoms with Crippen molar-refractivity contribution >= 4 is 17.2 Å². The Morgan fingerprint density at radius 1 is 1.10 bits per heavy atom. The van der Waals surface area contributed by atoms with Gasteiger partial charge in [-0.3, -0.25) is 4.21 Å². The summed E-state index contributed by atoms with van der Waals surface area (Å²) in [5.41, 5.74) is 1.21. The van der Waals surface area contributed by atoms with Crippen LogP contribution in [-0.2, 0) is 11.3 Å². The summed E-state index contributed by atoms with van der Waals surface area (Å²) in [6.07, 6.45) is 10.1. The highest BCUT2D eigenvalue weighted by Gasteiger charge is 2.51. The standard InChI is InChI=1S/C28H32F2N6O3S/c29-23-20(25(36-40(37)38)17-14-28(15-17)9-3-10-28)6-7-22(24(23)30)39-26-19(5-2-12-32-26)21-8-13-33-27(35-21)34-18-4-1-11-31-16-18/h2,5-8,12-13,17-18,25,31,36H,1,3-4,9-11,14-16H2,(H,37,38)(H,33,34,35)/p-1/t18-,25-/m0/s1. The Balaban J connectivity index is 1.23. The molecule has 3 fully saturated rings. The van der Waals surface area contributed by atoms with E-state index in [1.54, 1.807) is 24.4 Å². The van der Waals surface area contributed by atoms with E-state index in [2.05, 4.69) is 30.3 Å². The van der Waals surface area contributed by atoms with E-state index in [1.807, 2.05) is 0 Å². The first-order valence-electron chi connectivity index (χ1n) is 13.7. The van der Waals surface area contributed by atoms with Crippen LogP contribution >= 0.6 is 0 Å². The Morgan fingerprint density at radius 3 is 2.67 bits per heavy atom. The predicted octanol–water partition coefficient (Wildman–Crippen LogP) is 4.78. The first-order chi connectivity index (χ1) is 19.4. The number of halogens is 2. The number of aromatic nitrogens is 3. The van der Waals surface area contributed by atoms with Gasteiger partial charge in [-0.1, -0.05) is 12.5 Å². The number of benzene rings is 1. The fourth-order valence-electron chi connectivity index (χ4n) is 6.26. The maximum Gasteiger partial charge on any atom is 0.228 e. The molecule has 3 N–H and O–H groups in total. The second-order valence-electron chi connectivity index (χ2n) is 11.0. The van der Waals surface area contributed by atoms with Gasteiger partial charge in [0, 0.05) is 47.9 Å². The number of anilines is 1. The molecule has 1 spiro atoms. The lowest BCUT2D eigenvalue weighted by Gasteiger charge is -2.56. The molecule has 3 heterocycles. The van der Waals surface area contributed by atoms with E-state index in [-0.39, 0.29) is 34.6 Å². The van der Waals surface area contributed by atoms with Crippen LogP contribution < -0.4 is 20.1 Å². The SMILES string of the molecule is O=S([O-])N[C@H](c1ccc(Oc2ncccc2-c2ccnc(N[C@H]3CCCNC3)n2)c(F)c1F)C1CC2(CCC2)C1. The van der Waals surface area contributed by atoms with Crippen LogP contribution in [0.25, 0.3) is 11.3 Å². The number of rotatable bonds is 9. The zero-order valence-electron chi connectivity index (χ0n) is 21.9. The zero-order chi connectivity index (χ0) is 27.7. The van der Waals surface area contributed by atoms with Gasteiger partial charge >= 0.3 is 0 Å². The van der Waals surface area contributed by atoms with Crippen molar-refractivity contribution < 1.29 is 22.3 Å². The zero-order valence-corrected chi connectivity index (χ0v) is 22.7. The maximum absolute atomic E-state index is 15.4. The molecule has 212 valence electrons. The Kier molecular flexibility index (Phi) is 7.76. The summed E-state index contributed by atoms with van der Waals surface area (Å²) < 4.78 is 62.0. The molecule has 0 bridgehead atoms. The third-order valence-electron chi connectivity index (χ3n) is 8.45. The van der Waals surface area contributed by atoms with E-state index in [4.69, 9.17) is 4.74 Å². The number of nitrogens with zero attached hydrogens (tertiary/aromatic N) is 3. The smallest absolute Gasteiger partial charge is 0.228 e. The third-order valence-corrected chi connectivity index (χ3v) is 8.90. The van der Waals surface area contributed by atoms with Gasteiger partial charge in [-0.2, -0.15) is 4.39 Å². The van der Waals surface area contributed by atoms with E-state index in [0.29, 0.717) is 17.2 Å². The number of hydrogen-bond donors (Lipinski definition) is 3. The van der Waals surface area contributed by atoms with Crippen molar-refractivity contribution in [1.82, 2.24) is 25.0 Å². The normalized spacial score (nSPS) is 21.7. The Hall–Kier alpha value is -3.06. The molecule has 2 aromatic heterocycles. The number of pyridine rings is 1. The second-order valence-corrected chi connectivity index (χ2v) is 11.7. The van der Waals surface area contributed by atoms with E-state index in [1.165, 1.54) is 18.3 Å². The summed E-state index contributed by atoms with van der Waals surface area (Å²) in [4.78, 5) is 13.2. The van der Waals surface area contributed by atoms with E-state index in [9.17, 15) is 8.76 Å². The van der Waals surface area contributed by atoms with Crippen molar-refractivity contribution in [3.63, 3.8) is 0 Å². The van der Waals surface area contributed by atoms with Crippen molar-refractivity contribution in [2.24, 2.45) is 11.3 Å². The second kappa shape index (κ2) is 11.4. The van der Waals surface area contributed by atoms with Gasteiger partial charge in [0.05, 0.1) is 11.3 Å². The molecular weight excluding hydrogens is 538 g/mol. The molecule has 40 heavy (non-hydrogen) atoms. The Morgan fingerprint density at radius 2 is 1.95 bits per heavy atom. The topological polar surface area (TPSA) is 124 Å². The number of piperidine rings is 1. The number of hydrogen-bond acceptors (Lipinski definition) is 8. The lowest BCUT2D eigenvalue weighted by molar-refractivity contribution is -0.0382. The Bertz CT molecular complexity index is 1390. The van der Waals surface area contributed by atoms with Crippen molar-refractivity contribution in [3.8, 4) is 22.9 Å². The fourth-order valence-corrected chi connectivity index (χ4v) is 6.79. The van der Waals surface area contributed by atoms with Gasteiger partial charge in [0.15, 0.2) is 11.6 Å². The van der Waals surface area contributed by atoms with Gasteiger partial charge in [0.1, 0.15) is 0 Å². The van der Waals surface area contributed by atoms with Gasteiger partial charge in [-0.05, 0) is 80.7 Å². The van der Waals surface area contributed by atoms with Crippen LogP contribution in [0.1, 0.15) is 56.6 Å². The average Bonchev–Trinajstić information content (AvgIpc) is 2.90. The van der Waals surface area contributed by atoms with Crippen LogP contribution in [0.4, 0.5) is 14.7 Å². The van der Waals surface area contributed by atoms with E-state index in [0.717, 1.165) is 58.0 Å². The summed E-state index contributed by atoms with van der Waals surface area (Å²) in [5.74, 6) is -2.28. The molecule has 2 saturated carbocycles. The van der Waals surface area contributed by atoms with E-state index < -0.39 is 28.9 Å². The van der Waals surface area contributed by atoms with Gasteiger partial charge < -0.3 is 19.9 Å². The van der Waals surface area contributed by atoms with Crippen LogP contribution in [0, 0.1) is 23.0 Å². The van der Waals surface area contributed by atoms with Gasteiger partial charge in [-0.15, -0.1) is 0 Å². The van der Waals surface area contributed by atoms with Crippen LogP contribution in [0.15, 0.2) is 42.7 Å². The molecule has 12 heteroatoms. The first kappa shape index (κ1) is 27.1. The molecule has 6 rings (SSSR count). The monoisotopic (exact) mass is 569 g/mol. The first-order valence-corrected chi connectivity index (χ1v) is 14.8. The molecule has 1 aliphatic heterocycles. The summed E-state index contributed by atoms with van der Waals surface area (Å²) in [5, 5.41) is 6.67. The molecule has 3 aliphatic rings. The highest BCUT2D eigenvalue weighted by Crippen LogP contribution is 2.61. The Labute approximate surface area is 234 Å². The molecule has 1 aromatic carbocycles. The summed E-state index contributed by atoms with van der Waals surface area (Å²) in [6.45, 7) is 1.81. The highest BCUT2D eigenvalue weighted by molar-refractivity contribution is 7.77. The van der Waals surface area contributed by atoms with Crippen LogP contribution in [-0.4, -0.2) is 42.8 Å². The molecular formula is C28H31F2N6O3S-. The maximum atomic E-state index is 15.4. The van der Waals surface area contributed by atoms with Crippen LogP contribution in [0.3, 0.4) is 0 Å². The highest BCUT2D eigenvalue weighted by atomic mass is 32.2. The summed E-state index contributed by atoms with van der Waals surface area (Å²) in [7, 11) is 0. The fraction of sp³-hybridized carbons (Fsp3) is 0.464. The van der Waals surface area contributed by atoms with Gasteiger partial charge in [0.2, 0.25) is 17.6 Å². The third kappa shape index (κ3) is 5.58. The molecule has 0 amide bonds. The molecule has 3 aromatic rings. The van der Waals surface area contributed by atoms with Crippen molar-refractivity contribution in [3.05, 3.63) is 59.9 Å². The van der Waals surface area contributed by atoms with E-state index >= 15 is 8.78 Å². The minimum absolute atomic E-state index is 0.0295. The lowest BCUT2D eigenvalue weighted by Crippen LogP contribution is -2.48. The van der Waals surface area contributed by atoms with Crippen LogP contribution in [0.2, 0.25) is 0 Å². The van der Waals surface area contributed by atoms with Gasteiger partial charge in [-0.25, -0.2) is 24.1 Å². The summed E-state index contributed by atoms with van der Waals surface area (Å²) >= 11 is -2.63. The molecule has 2 aliphatic carbocycles. The molecule has 1 saturated heterocycles. The average molecular weight is 570 g/mol. The minimum Gasteiger partial charge on any atom is -0.760 e. The lowest BCUT2D eigenvalue weighted by atomic mass is 9.50. The molecule has 9 nitrogen and oxygen atoms in total. The quantitative estimate of drug-likeness (QED) is 0.315. The number of ether oxygens (including phenoxy) is 1. The molecule has 0 radical (unpaired) electrons. The largest absolute Gasteiger partial charge is 0.760 e. The molecule has 1 unspecified atom stereocenters. The molecule has 3 atom stereocenters. The van der Waals surface area contributed by atoms with Crippen molar-refractivity contribution in [2.45, 2.75) is 57.0 Å². The van der Waals surface area contributed by atoms with Crippen LogP contribution in [0.5, 0.6) is 11.6 Å². The number of nitrogens with one attached hydrogen (secondary N) is 3. The predicted molar refractivity (Wildman–Crippen MR) is 145 cm³/mol. The van der Waals surface area contributed by atoms with Crippen molar-refractivity contribution in [1.29, 1.82) is 0 Å². The summed E-state index contributed by atoms with van der Waals surface area (Å²) in [6, 6.07) is 7.20. The minimum atomic E-state index is -2.63.